The first-order valence-corrected chi connectivity index (χ1v) is 8.89. The lowest BCUT2D eigenvalue weighted by Gasteiger charge is -2.19. The van der Waals surface area contributed by atoms with E-state index in [1.54, 1.807) is 0 Å². The molecule has 24 heavy (non-hydrogen) atoms. The first-order valence-electron chi connectivity index (χ1n) is 8.35. The average molecular weight is 356 g/mol. The number of halogens is 1. The van der Waals surface area contributed by atoms with Crippen LogP contribution in [0.3, 0.4) is 0 Å². The van der Waals surface area contributed by atoms with E-state index in [1.165, 1.54) is 11.3 Å². The summed E-state index contributed by atoms with van der Waals surface area (Å²) in [5, 5.41) is 6.12. The number of ether oxygens (including phenoxy) is 1. The molecule has 0 heterocycles. The van der Waals surface area contributed by atoms with E-state index < -0.39 is 5.60 Å². The van der Waals surface area contributed by atoms with Gasteiger partial charge in [0.2, 0.25) is 0 Å². The lowest BCUT2D eigenvalue weighted by Crippen LogP contribution is -2.33. The third-order valence-electron chi connectivity index (χ3n) is 3.32. The third-order valence-corrected chi connectivity index (χ3v) is 3.49. The summed E-state index contributed by atoms with van der Waals surface area (Å²) >= 11 is 5.75. The van der Waals surface area contributed by atoms with Gasteiger partial charge in [0, 0.05) is 38.2 Å². The van der Waals surface area contributed by atoms with Crippen molar-refractivity contribution in [2.75, 3.05) is 37.5 Å². The number of nitrogens with zero attached hydrogens (tertiary/aromatic N) is 1. The topological polar surface area (TPSA) is 53.6 Å². The molecule has 5 nitrogen and oxygen atoms in total. The smallest absolute Gasteiger partial charge is 0.407 e. The SMILES string of the molecule is CN(CCCl)c1ccc(CNCCCNC(=O)OC(C)(C)C)cc1. The van der Waals surface area contributed by atoms with Crippen LogP contribution in [0, 0.1) is 0 Å². The number of carbonyl (C=O) groups is 1. The number of nitrogens with one attached hydrogen (secondary N) is 2. The predicted octanol–water partition coefficient (Wildman–Crippen LogP) is 3.37. The van der Waals surface area contributed by atoms with E-state index in [0.717, 1.165) is 26.1 Å². The highest BCUT2D eigenvalue weighted by molar-refractivity contribution is 6.18. The Bertz CT molecular complexity index is 486. The molecule has 0 aliphatic carbocycles. The Hall–Kier alpha value is -1.46. The number of hydrogen-bond acceptors (Lipinski definition) is 4. The summed E-state index contributed by atoms with van der Waals surface area (Å²) in [6.45, 7) is 8.65. The minimum absolute atomic E-state index is 0.362. The van der Waals surface area contributed by atoms with Crippen molar-refractivity contribution in [3.05, 3.63) is 29.8 Å². The molecule has 0 atom stereocenters. The van der Waals surface area contributed by atoms with Crippen molar-refractivity contribution >= 4 is 23.4 Å². The number of carbonyl (C=O) groups excluding carboxylic acids is 1. The number of benzene rings is 1. The van der Waals surface area contributed by atoms with Gasteiger partial charge in [-0.3, -0.25) is 0 Å². The van der Waals surface area contributed by atoms with Gasteiger partial charge in [0.1, 0.15) is 5.60 Å². The number of hydrogen-bond donors (Lipinski definition) is 2. The van der Waals surface area contributed by atoms with Crippen LogP contribution in [0.15, 0.2) is 24.3 Å². The molecule has 1 rings (SSSR count). The van der Waals surface area contributed by atoms with Gasteiger partial charge in [0.25, 0.3) is 0 Å². The van der Waals surface area contributed by atoms with Crippen LogP contribution >= 0.6 is 11.6 Å². The lowest BCUT2D eigenvalue weighted by molar-refractivity contribution is 0.0527. The van der Waals surface area contributed by atoms with Crippen LogP contribution < -0.4 is 15.5 Å². The van der Waals surface area contributed by atoms with Crippen molar-refractivity contribution in [2.24, 2.45) is 0 Å². The number of alkyl carbamates (subject to hydrolysis) is 1. The Morgan fingerprint density at radius 2 is 1.88 bits per heavy atom. The molecule has 0 aliphatic heterocycles. The molecule has 0 bridgehead atoms. The second-order valence-corrected chi connectivity index (χ2v) is 7.11. The van der Waals surface area contributed by atoms with E-state index in [0.29, 0.717) is 12.4 Å². The van der Waals surface area contributed by atoms with Gasteiger partial charge in [0.05, 0.1) is 0 Å². The molecular weight excluding hydrogens is 326 g/mol. The first kappa shape index (κ1) is 20.6. The summed E-state index contributed by atoms with van der Waals surface area (Å²) in [4.78, 5) is 13.6. The van der Waals surface area contributed by atoms with Gasteiger partial charge in [-0.25, -0.2) is 4.79 Å². The van der Waals surface area contributed by atoms with Crippen LogP contribution in [0.2, 0.25) is 0 Å². The predicted molar refractivity (Wildman–Crippen MR) is 101 cm³/mol. The summed E-state index contributed by atoms with van der Waals surface area (Å²) in [5.74, 6) is 0.622. The van der Waals surface area contributed by atoms with Crippen molar-refractivity contribution in [2.45, 2.75) is 39.3 Å². The van der Waals surface area contributed by atoms with Crippen LogP contribution in [-0.2, 0) is 11.3 Å². The van der Waals surface area contributed by atoms with Gasteiger partial charge in [-0.2, -0.15) is 0 Å². The normalized spacial score (nSPS) is 11.2. The van der Waals surface area contributed by atoms with Crippen LogP contribution in [0.4, 0.5) is 10.5 Å². The molecular formula is C18H30ClN3O2. The Kier molecular flexibility index (Phi) is 8.93. The van der Waals surface area contributed by atoms with Gasteiger partial charge in [-0.1, -0.05) is 12.1 Å². The molecule has 2 N–H and O–H groups in total. The highest BCUT2D eigenvalue weighted by Gasteiger charge is 2.15. The zero-order valence-electron chi connectivity index (χ0n) is 15.2. The van der Waals surface area contributed by atoms with Crippen molar-refractivity contribution in [1.82, 2.24) is 10.6 Å². The standard InChI is InChI=1S/C18H30ClN3O2/c1-18(2,3)24-17(23)21-12-5-11-20-14-15-6-8-16(9-7-15)22(4)13-10-19/h6-9,20H,5,10-14H2,1-4H3,(H,21,23). The Morgan fingerprint density at radius 1 is 1.21 bits per heavy atom. The molecule has 0 saturated carbocycles. The fourth-order valence-corrected chi connectivity index (χ4v) is 2.33. The van der Waals surface area contributed by atoms with E-state index in [4.69, 9.17) is 16.3 Å². The molecule has 1 amide bonds. The number of anilines is 1. The van der Waals surface area contributed by atoms with Gasteiger partial charge >= 0.3 is 6.09 Å². The maximum absolute atomic E-state index is 11.5. The minimum atomic E-state index is -0.452. The summed E-state index contributed by atoms with van der Waals surface area (Å²) in [7, 11) is 2.04. The number of amides is 1. The first-order chi connectivity index (χ1) is 11.3. The minimum Gasteiger partial charge on any atom is -0.444 e. The van der Waals surface area contributed by atoms with Crippen molar-refractivity contribution in [3.63, 3.8) is 0 Å². The van der Waals surface area contributed by atoms with E-state index in [1.807, 2.05) is 27.8 Å². The van der Waals surface area contributed by atoms with Crippen LogP contribution in [0.5, 0.6) is 0 Å². The van der Waals surface area contributed by atoms with E-state index >= 15 is 0 Å². The highest BCUT2D eigenvalue weighted by Crippen LogP contribution is 2.13. The molecule has 1 aromatic rings. The van der Waals surface area contributed by atoms with Crippen molar-refractivity contribution in [3.8, 4) is 0 Å². The molecule has 0 aromatic heterocycles. The monoisotopic (exact) mass is 355 g/mol. The van der Waals surface area contributed by atoms with E-state index in [2.05, 4.69) is 39.8 Å². The fourth-order valence-electron chi connectivity index (χ4n) is 2.07. The van der Waals surface area contributed by atoms with Crippen molar-refractivity contribution in [1.29, 1.82) is 0 Å². The lowest BCUT2D eigenvalue weighted by atomic mass is 10.2. The quantitative estimate of drug-likeness (QED) is 0.526. The molecule has 1 aromatic carbocycles. The maximum Gasteiger partial charge on any atom is 0.407 e. The Balaban J connectivity index is 2.16. The van der Waals surface area contributed by atoms with Gasteiger partial charge in [0.15, 0.2) is 0 Å². The van der Waals surface area contributed by atoms with E-state index in [-0.39, 0.29) is 6.09 Å². The van der Waals surface area contributed by atoms with Gasteiger partial charge in [-0.05, 0) is 51.4 Å². The second kappa shape index (κ2) is 10.4. The molecule has 0 fully saturated rings. The summed E-state index contributed by atoms with van der Waals surface area (Å²) in [6, 6.07) is 8.44. The average Bonchev–Trinajstić information content (AvgIpc) is 2.50. The molecule has 0 spiro atoms. The summed E-state index contributed by atoms with van der Waals surface area (Å²) < 4.78 is 5.18. The Morgan fingerprint density at radius 3 is 2.46 bits per heavy atom. The van der Waals surface area contributed by atoms with Crippen molar-refractivity contribution < 1.29 is 9.53 Å². The third kappa shape index (κ3) is 8.99. The molecule has 0 saturated heterocycles. The molecule has 136 valence electrons. The van der Waals surface area contributed by atoms with E-state index in [9.17, 15) is 4.79 Å². The zero-order chi connectivity index (χ0) is 18.0. The van der Waals surface area contributed by atoms with Crippen LogP contribution in [0.25, 0.3) is 0 Å². The van der Waals surface area contributed by atoms with Crippen LogP contribution in [-0.4, -0.2) is 44.3 Å². The molecule has 0 radical (unpaired) electrons. The number of rotatable bonds is 9. The summed E-state index contributed by atoms with van der Waals surface area (Å²) in [6.07, 6.45) is 0.495. The number of alkyl halides is 1. The fraction of sp³-hybridized carbons (Fsp3) is 0.611. The second-order valence-electron chi connectivity index (χ2n) is 6.74. The Labute approximate surface area is 150 Å². The van der Waals surface area contributed by atoms with Gasteiger partial charge in [-0.15, -0.1) is 11.6 Å². The summed E-state index contributed by atoms with van der Waals surface area (Å²) in [5.41, 5.74) is 1.95. The highest BCUT2D eigenvalue weighted by atomic mass is 35.5. The van der Waals surface area contributed by atoms with Gasteiger partial charge < -0.3 is 20.3 Å². The molecule has 6 heteroatoms. The maximum atomic E-state index is 11.5. The zero-order valence-corrected chi connectivity index (χ0v) is 15.9. The molecule has 0 unspecified atom stereocenters. The largest absolute Gasteiger partial charge is 0.444 e. The van der Waals surface area contributed by atoms with Crippen LogP contribution in [0.1, 0.15) is 32.8 Å². The molecule has 0 aliphatic rings.